The van der Waals surface area contributed by atoms with Crippen molar-refractivity contribution >= 4 is 17.4 Å². The molecule has 0 bridgehead atoms. The number of rotatable bonds is 4. The van der Waals surface area contributed by atoms with Crippen LogP contribution in [-0.4, -0.2) is 5.78 Å². The van der Waals surface area contributed by atoms with Gasteiger partial charge in [0, 0.05) is 10.6 Å². The van der Waals surface area contributed by atoms with Crippen LogP contribution in [0.3, 0.4) is 0 Å². The summed E-state index contributed by atoms with van der Waals surface area (Å²) in [6, 6.07) is 23.3. The summed E-state index contributed by atoms with van der Waals surface area (Å²) in [6.07, 6.45) is 0. The van der Waals surface area contributed by atoms with Crippen LogP contribution in [0.5, 0.6) is 0 Å². The Balaban J connectivity index is 2.13. The molecule has 0 fully saturated rings. The Bertz CT molecular complexity index is 831. The van der Waals surface area contributed by atoms with Crippen molar-refractivity contribution in [3.05, 3.63) is 106 Å². The molecular formula is C22H19ClO. The quantitative estimate of drug-likeness (QED) is 0.537. The van der Waals surface area contributed by atoms with Crippen molar-refractivity contribution in [3.63, 3.8) is 0 Å². The van der Waals surface area contributed by atoms with Crippen LogP contribution in [0.1, 0.15) is 38.5 Å². The summed E-state index contributed by atoms with van der Waals surface area (Å²) in [5.41, 5.74) is 5.01. The number of hydrogen-bond donors (Lipinski definition) is 0. The molecule has 3 aromatic rings. The molecule has 0 aliphatic carbocycles. The van der Waals surface area contributed by atoms with Crippen molar-refractivity contribution in [1.82, 2.24) is 0 Å². The number of Topliss-reactive ketones (excluding diaryl/α,β-unsaturated/α-hetero) is 1. The Morgan fingerprint density at radius 2 is 1.38 bits per heavy atom. The van der Waals surface area contributed by atoms with Gasteiger partial charge in [-0.1, -0.05) is 83.4 Å². The Morgan fingerprint density at radius 1 is 0.792 bits per heavy atom. The van der Waals surface area contributed by atoms with Gasteiger partial charge in [0.25, 0.3) is 0 Å². The summed E-state index contributed by atoms with van der Waals surface area (Å²) in [4.78, 5) is 13.2. The van der Waals surface area contributed by atoms with Crippen LogP contribution in [0.25, 0.3) is 0 Å². The molecule has 0 saturated carbocycles. The molecule has 24 heavy (non-hydrogen) atoms. The minimum Gasteiger partial charge on any atom is -0.293 e. The van der Waals surface area contributed by atoms with Gasteiger partial charge >= 0.3 is 0 Å². The maximum atomic E-state index is 13.2. The zero-order chi connectivity index (χ0) is 17.1. The van der Waals surface area contributed by atoms with Gasteiger partial charge in [-0.3, -0.25) is 4.79 Å². The highest BCUT2D eigenvalue weighted by atomic mass is 35.5. The molecule has 0 aliphatic rings. The zero-order valence-electron chi connectivity index (χ0n) is 13.8. The van der Waals surface area contributed by atoms with Crippen molar-refractivity contribution in [3.8, 4) is 0 Å². The maximum absolute atomic E-state index is 13.2. The summed E-state index contributed by atoms with van der Waals surface area (Å²) < 4.78 is 0. The maximum Gasteiger partial charge on any atom is 0.174 e. The molecule has 1 nitrogen and oxygen atoms in total. The zero-order valence-corrected chi connectivity index (χ0v) is 14.5. The smallest absolute Gasteiger partial charge is 0.174 e. The van der Waals surface area contributed by atoms with Crippen LogP contribution in [-0.2, 0) is 0 Å². The standard InChI is InChI=1S/C22H19ClO/c1-15-12-16(2)14-19(13-15)21(17-8-10-20(23)11-9-17)22(24)18-6-4-3-5-7-18/h3-14,21H,1-2H3. The molecule has 2 heteroatoms. The Kier molecular flexibility index (Phi) is 4.82. The van der Waals surface area contributed by atoms with Crippen molar-refractivity contribution < 1.29 is 4.79 Å². The Labute approximate surface area is 147 Å². The second-order valence-electron chi connectivity index (χ2n) is 6.14. The van der Waals surface area contributed by atoms with E-state index in [1.165, 1.54) is 0 Å². The Hall–Kier alpha value is -2.38. The first-order valence-corrected chi connectivity index (χ1v) is 8.35. The first-order valence-electron chi connectivity index (χ1n) is 7.97. The number of ketones is 1. The largest absolute Gasteiger partial charge is 0.293 e. The predicted molar refractivity (Wildman–Crippen MR) is 100.0 cm³/mol. The SMILES string of the molecule is Cc1cc(C)cc(C(C(=O)c2ccccc2)c2ccc(Cl)cc2)c1. The summed E-state index contributed by atoms with van der Waals surface area (Å²) in [6.45, 7) is 4.12. The van der Waals surface area contributed by atoms with E-state index in [9.17, 15) is 4.79 Å². The van der Waals surface area contributed by atoms with Crippen LogP contribution >= 0.6 is 11.6 Å². The number of aryl methyl sites for hydroxylation is 2. The third-order valence-electron chi connectivity index (χ3n) is 4.10. The topological polar surface area (TPSA) is 17.1 Å². The van der Waals surface area contributed by atoms with Gasteiger partial charge in [0.15, 0.2) is 5.78 Å². The van der Waals surface area contributed by atoms with Crippen molar-refractivity contribution in [2.45, 2.75) is 19.8 Å². The molecule has 0 saturated heterocycles. The molecule has 1 atom stereocenters. The monoisotopic (exact) mass is 334 g/mol. The van der Waals surface area contributed by atoms with Gasteiger partial charge in [-0.25, -0.2) is 0 Å². The fourth-order valence-corrected chi connectivity index (χ4v) is 3.22. The van der Waals surface area contributed by atoms with E-state index in [1.54, 1.807) is 0 Å². The molecule has 0 amide bonds. The summed E-state index contributed by atoms with van der Waals surface area (Å²) in [7, 11) is 0. The van der Waals surface area contributed by atoms with Gasteiger partial charge < -0.3 is 0 Å². The van der Waals surface area contributed by atoms with E-state index in [1.807, 2.05) is 54.6 Å². The molecule has 0 radical (unpaired) electrons. The first-order chi connectivity index (χ1) is 11.5. The molecule has 0 aliphatic heterocycles. The van der Waals surface area contributed by atoms with E-state index in [0.717, 1.165) is 27.8 Å². The van der Waals surface area contributed by atoms with E-state index in [-0.39, 0.29) is 11.7 Å². The average molecular weight is 335 g/mol. The van der Waals surface area contributed by atoms with Gasteiger partial charge in [-0.15, -0.1) is 0 Å². The predicted octanol–water partition coefficient (Wildman–Crippen LogP) is 5.97. The van der Waals surface area contributed by atoms with Crippen LogP contribution in [0, 0.1) is 13.8 Å². The van der Waals surface area contributed by atoms with Gasteiger partial charge in [-0.05, 0) is 37.1 Å². The van der Waals surface area contributed by atoms with E-state index < -0.39 is 0 Å². The normalized spacial score (nSPS) is 12.0. The molecule has 120 valence electrons. The lowest BCUT2D eigenvalue weighted by atomic mass is 9.83. The minimum absolute atomic E-state index is 0.0999. The molecule has 3 aromatic carbocycles. The highest BCUT2D eigenvalue weighted by Crippen LogP contribution is 2.30. The van der Waals surface area contributed by atoms with E-state index in [2.05, 4.69) is 32.0 Å². The molecule has 0 heterocycles. The fourth-order valence-electron chi connectivity index (χ4n) is 3.10. The number of benzene rings is 3. The first kappa shape index (κ1) is 16.5. The summed E-state index contributed by atoms with van der Waals surface area (Å²) in [5.74, 6) is -0.230. The fraction of sp³-hybridized carbons (Fsp3) is 0.136. The van der Waals surface area contributed by atoms with Gasteiger partial charge in [0.05, 0.1) is 5.92 Å². The lowest BCUT2D eigenvalue weighted by Gasteiger charge is -2.18. The lowest BCUT2D eigenvalue weighted by molar-refractivity contribution is 0.0974. The van der Waals surface area contributed by atoms with Crippen molar-refractivity contribution in [2.75, 3.05) is 0 Å². The summed E-state index contributed by atoms with van der Waals surface area (Å²) in [5, 5.41) is 0.671. The van der Waals surface area contributed by atoms with E-state index in [0.29, 0.717) is 5.02 Å². The second-order valence-corrected chi connectivity index (χ2v) is 6.57. The van der Waals surface area contributed by atoms with Crippen molar-refractivity contribution in [2.24, 2.45) is 0 Å². The molecule has 0 N–H and O–H groups in total. The molecule has 1 unspecified atom stereocenters. The van der Waals surface area contributed by atoms with E-state index >= 15 is 0 Å². The minimum atomic E-state index is -0.330. The lowest BCUT2D eigenvalue weighted by Crippen LogP contribution is -2.15. The Morgan fingerprint density at radius 3 is 1.96 bits per heavy atom. The van der Waals surface area contributed by atoms with E-state index in [4.69, 9.17) is 11.6 Å². The number of halogens is 1. The van der Waals surface area contributed by atoms with Crippen LogP contribution in [0.4, 0.5) is 0 Å². The third-order valence-corrected chi connectivity index (χ3v) is 4.35. The number of carbonyl (C=O) groups is 1. The van der Waals surface area contributed by atoms with Gasteiger partial charge in [0.1, 0.15) is 0 Å². The summed E-state index contributed by atoms with van der Waals surface area (Å²) >= 11 is 6.02. The number of hydrogen-bond acceptors (Lipinski definition) is 1. The van der Waals surface area contributed by atoms with Gasteiger partial charge in [0.2, 0.25) is 0 Å². The average Bonchev–Trinajstić information content (AvgIpc) is 2.57. The molecule has 0 aromatic heterocycles. The molecule has 3 rings (SSSR count). The number of carbonyl (C=O) groups excluding carboxylic acids is 1. The van der Waals surface area contributed by atoms with Crippen molar-refractivity contribution in [1.29, 1.82) is 0 Å². The van der Waals surface area contributed by atoms with Crippen LogP contribution in [0.2, 0.25) is 5.02 Å². The van der Waals surface area contributed by atoms with Crippen LogP contribution < -0.4 is 0 Å². The highest BCUT2D eigenvalue weighted by molar-refractivity contribution is 6.30. The molecule has 0 spiro atoms. The second kappa shape index (κ2) is 7.02. The van der Waals surface area contributed by atoms with Crippen LogP contribution in [0.15, 0.2) is 72.8 Å². The highest BCUT2D eigenvalue weighted by Gasteiger charge is 2.24. The van der Waals surface area contributed by atoms with Gasteiger partial charge in [-0.2, -0.15) is 0 Å². The molecular weight excluding hydrogens is 316 g/mol. The third kappa shape index (κ3) is 3.58.